The number of ether oxygens (including phenoxy) is 4. The third-order valence-corrected chi connectivity index (χ3v) is 4.74. The number of hydrogen-bond acceptors (Lipinski definition) is 6. The lowest BCUT2D eigenvalue weighted by atomic mass is 9.82. The Balaban J connectivity index is 5.30. The number of halogens is 3. The number of carbonyl (C=O) groups excluding carboxylic acids is 2. The van der Waals surface area contributed by atoms with Gasteiger partial charge in [-0.05, 0) is 39.0 Å². The van der Waals surface area contributed by atoms with Crippen molar-refractivity contribution in [3.63, 3.8) is 0 Å². The summed E-state index contributed by atoms with van der Waals surface area (Å²) in [5.41, 5.74) is -0.943. The number of alkyl halides is 3. The van der Waals surface area contributed by atoms with E-state index in [4.69, 9.17) is 53.8 Å². The van der Waals surface area contributed by atoms with E-state index >= 15 is 0 Å². The molecule has 2 unspecified atom stereocenters. The predicted octanol–water partition coefficient (Wildman–Crippen LogP) is 6.26. The molecule has 0 aliphatic heterocycles. The minimum absolute atomic E-state index is 0.0354. The van der Waals surface area contributed by atoms with Gasteiger partial charge in [-0.2, -0.15) is 0 Å². The van der Waals surface area contributed by atoms with Crippen LogP contribution in [0.4, 0.5) is 4.79 Å². The molecule has 0 aliphatic carbocycles. The molecular formula is C21H35Cl3O6. The van der Waals surface area contributed by atoms with Crippen LogP contribution in [0, 0.1) is 11.3 Å². The van der Waals surface area contributed by atoms with Gasteiger partial charge in [-0.3, -0.25) is 4.79 Å². The van der Waals surface area contributed by atoms with Gasteiger partial charge in [0.1, 0.15) is 18.5 Å². The number of ketones is 1. The fraction of sp³-hybridized carbons (Fsp3) is 0.810. The summed E-state index contributed by atoms with van der Waals surface area (Å²) in [7, 11) is 0. The van der Waals surface area contributed by atoms with Gasteiger partial charge in [0.15, 0.2) is 6.29 Å². The molecule has 0 aliphatic rings. The van der Waals surface area contributed by atoms with E-state index < -0.39 is 34.4 Å². The standard InChI is InChI=1S/C21H35Cl3O6/c1-7-10-15(4)16(30-19(26)29-14-21(22,23)24)13-17(25)20(5,6)18(27-11-8-2)28-12-9-3/h7,15-16,18H,1,8-14H2,2-6H3. The van der Waals surface area contributed by atoms with Crippen LogP contribution in [0.5, 0.6) is 0 Å². The van der Waals surface area contributed by atoms with Crippen molar-refractivity contribution in [1.29, 1.82) is 0 Å². The Morgan fingerprint density at radius 2 is 1.60 bits per heavy atom. The van der Waals surface area contributed by atoms with Crippen LogP contribution in [0.25, 0.3) is 0 Å². The highest BCUT2D eigenvalue weighted by Crippen LogP contribution is 2.31. The third kappa shape index (κ3) is 11.8. The van der Waals surface area contributed by atoms with Crippen LogP contribution < -0.4 is 0 Å². The normalized spacial score (nSPS) is 14.3. The molecule has 0 saturated heterocycles. The van der Waals surface area contributed by atoms with Gasteiger partial charge >= 0.3 is 6.16 Å². The highest BCUT2D eigenvalue weighted by molar-refractivity contribution is 6.67. The van der Waals surface area contributed by atoms with E-state index in [9.17, 15) is 9.59 Å². The van der Waals surface area contributed by atoms with Crippen LogP contribution in [0.3, 0.4) is 0 Å². The van der Waals surface area contributed by atoms with E-state index in [1.807, 2.05) is 20.8 Å². The maximum absolute atomic E-state index is 13.2. The zero-order chi connectivity index (χ0) is 23.4. The minimum atomic E-state index is -1.75. The van der Waals surface area contributed by atoms with Crippen molar-refractivity contribution < 1.29 is 28.5 Å². The smallest absolute Gasteiger partial charge is 0.430 e. The molecule has 6 nitrogen and oxygen atoms in total. The Hall–Kier alpha value is -0.530. The maximum atomic E-state index is 13.2. The van der Waals surface area contributed by atoms with Crippen LogP contribution in [0.15, 0.2) is 12.7 Å². The van der Waals surface area contributed by atoms with E-state index in [1.54, 1.807) is 19.9 Å². The van der Waals surface area contributed by atoms with E-state index in [0.29, 0.717) is 19.6 Å². The van der Waals surface area contributed by atoms with E-state index in [1.165, 1.54) is 0 Å². The number of rotatable bonds is 15. The molecule has 0 heterocycles. The summed E-state index contributed by atoms with van der Waals surface area (Å²) >= 11 is 16.8. The summed E-state index contributed by atoms with van der Waals surface area (Å²) in [6.45, 7) is 13.5. The van der Waals surface area contributed by atoms with Crippen molar-refractivity contribution in [3.8, 4) is 0 Å². The molecule has 0 amide bonds. The molecule has 0 aromatic rings. The van der Waals surface area contributed by atoms with Gasteiger partial charge in [0.25, 0.3) is 0 Å². The average molecular weight is 490 g/mol. The second-order valence-corrected chi connectivity index (χ2v) is 10.3. The average Bonchev–Trinajstić information content (AvgIpc) is 2.65. The van der Waals surface area contributed by atoms with E-state index in [0.717, 1.165) is 12.8 Å². The summed E-state index contributed by atoms with van der Waals surface area (Å²) in [6, 6.07) is 0. The highest BCUT2D eigenvalue weighted by atomic mass is 35.6. The lowest BCUT2D eigenvalue weighted by Gasteiger charge is -2.34. The molecule has 0 radical (unpaired) electrons. The van der Waals surface area contributed by atoms with Crippen molar-refractivity contribution in [2.45, 2.75) is 76.5 Å². The highest BCUT2D eigenvalue weighted by Gasteiger charge is 2.40. The molecule has 0 spiro atoms. The largest absolute Gasteiger partial charge is 0.508 e. The van der Waals surface area contributed by atoms with Crippen molar-refractivity contribution in [3.05, 3.63) is 12.7 Å². The molecule has 0 aromatic heterocycles. The third-order valence-electron chi connectivity index (χ3n) is 4.42. The van der Waals surface area contributed by atoms with Crippen molar-refractivity contribution in [2.75, 3.05) is 19.8 Å². The van der Waals surface area contributed by atoms with Gasteiger partial charge < -0.3 is 18.9 Å². The Kier molecular flexibility index (Phi) is 14.3. The van der Waals surface area contributed by atoms with Gasteiger partial charge in [-0.15, -0.1) is 6.58 Å². The quantitative estimate of drug-likeness (QED) is 0.117. The Bertz CT molecular complexity index is 525. The summed E-state index contributed by atoms with van der Waals surface area (Å²) in [6.07, 6.45) is 1.35. The van der Waals surface area contributed by atoms with Crippen LogP contribution in [-0.4, -0.2) is 47.9 Å². The topological polar surface area (TPSA) is 71.1 Å². The molecule has 2 atom stereocenters. The lowest BCUT2D eigenvalue weighted by Crippen LogP contribution is -2.43. The zero-order valence-electron chi connectivity index (χ0n) is 18.5. The van der Waals surface area contributed by atoms with E-state index in [2.05, 4.69) is 6.58 Å². The first-order valence-corrected chi connectivity index (χ1v) is 11.3. The first-order chi connectivity index (χ1) is 13.9. The maximum Gasteiger partial charge on any atom is 0.508 e. The molecule has 0 aromatic carbocycles. The summed E-state index contributed by atoms with van der Waals surface area (Å²) in [5, 5.41) is 0. The number of carbonyl (C=O) groups is 2. The minimum Gasteiger partial charge on any atom is -0.430 e. The second-order valence-electron chi connectivity index (χ2n) is 7.73. The monoisotopic (exact) mass is 488 g/mol. The van der Waals surface area contributed by atoms with Crippen LogP contribution in [0.1, 0.15) is 60.3 Å². The number of allylic oxidation sites excluding steroid dienone is 1. The summed E-state index contributed by atoms with van der Waals surface area (Å²) < 4.78 is 20.1. The molecule has 9 heteroatoms. The van der Waals surface area contributed by atoms with Gasteiger partial charge in [0.2, 0.25) is 3.79 Å². The first kappa shape index (κ1) is 29.5. The van der Waals surface area contributed by atoms with Crippen molar-refractivity contribution in [2.24, 2.45) is 11.3 Å². The molecule has 0 N–H and O–H groups in total. The van der Waals surface area contributed by atoms with Crippen LogP contribution >= 0.6 is 34.8 Å². The predicted molar refractivity (Wildman–Crippen MR) is 120 cm³/mol. The molecule has 0 bridgehead atoms. The first-order valence-electron chi connectivity index (χ1n) is 10.2. The molecule has 0 saturated carbocycles. The molecule has 0 fully saturated rings. The van der Waals surface area contributed by atoms with Gasteiger partial charge in [-0.1, -0.05) is 61.7 Å². The molecular weight excluding hydrogens is 455 g/mol. The Morgan fingerprint density at radius 3 is 2.03 bits per heavy atom. The number of hydrogen-bond donors (Lipinski definition) is 0. The van der Waals surface area contributed by atoms with Crippen molar-refractivity contribution in [1.82, 2.24) is 0 Å². The van der Waals surface area contributed by atoms with Gasteiger partial charge in [0, 0.05) is 19.6 Å². The zero-order valence-corrected chi connectivity index (χ0v) is 20.8. The van der Waals surface area contributed by atoms with Gasteiger partial charge in [-0.25, -0.2) is 4.79 Å². The SMILES string of the molecule is C=CCC(C)C(CC(=O)C(C)(C)C(OCCC)OCCC)OC(=O)OCC(Cl)(Cl)Cl. The molecule has 30 heavy (non-hydrogen) atoms. The fourth-order valence-electron chi connectivity index (χ4n) is 2.56. The molecule has 176 valence electrons. The summed E-state index contributed by atoms with van der Waals surface area (Å²) in [4.78, 5) is 25.2. The fourth-order valence-corrected chi connectivity index (χ4v) is 2.73. The number of Topliss-reactive ketones (excluding diaryl/α,β-unsaturated/α-hetero) is 1. The lowest BCUT2D eigenvalue weighted by molar-refractivity contribution is -0.201. The molecule has 0 rings (SSSR count). The van der Waals surface area contributed by atoms with Gasteiger partial charge in [0.05, 0.1) is 5.41 Å². The van der Waals surface area contributed by atoms with E-state index in [-0.39, 0.29) is 18.1 Å². The van der Waals surface area contributed by atoms with Crippen LogP contribution in [0.2, 0.25) is 0 Å². The Labute approximate surface area is 195 Å². The summed E-state index contributed by atoms with van der Waals surface area (Å²) in [5.74, 6) is -0.330. The van der Waals surface area contributed by atoms with Crippen LogP contribution in [-0.2, 0) is 23.7 Å². The van der Waals surface area contributed by atoms with Crippen molar-refractivity contribution >= 4 is 46.7 Å². The second kappa shape index (κ2) is 14.5. The Morgan fingerprint density at radius 1 is 1.07 bits per heavy atom.